The number of hydrogen-bond donors (Lipinski definition) is 2. The van der Waals surface area contributed by atoms with Crippen molar-refractivity contribution in [3.8, 4) is 0 Å². The second-order valence-corrected chi connectivity index (χ2v) is 10.3. The molecule has 2 atom stereocenters. The van der Waals surface area contributed by atoms with E-state index in [1.807, 2.05) is 13.8 Å². The van der Waals surface area contributed by atoms with Crippen LogP contribution in [0, 0.1) is 0 Å². The molecule has 3 heterocycles. The van der Waals surface area contributed by atoms with E-state index in [9.17, 15) is 14.4 Å². The van der Waals surface area contributed by atoms with E-state index < -0.39 is 11.7 Å². The molecule has 0 saturated heterocycles. The summed E-state index contributed by atoms with van der Waals surface area (Å²) in [6.07, 6.45) is 3.19. The SMILES string of the molecule is CO[C@@H]1CC1NC(=O)c1cnn2c(N(C)C(=O)OC(C)(C)C)cc(Nc3cccn(C(C)C)c3=O)nc12. The first-order valence-corrected chi connectivity index (χ1v) is 12.1. The molecule has 1 fully saturated rings. The highest BCUT2D eigenvalue weighted by atomic mass is 16.6. The molecule has 37 heavy (non-hydrogen) atoms. The first kappa shape index (κ1) is 26.1. The summed E-state index contributed by atoms with van der Waals surface area (Å²) in [7, 11) is 3.14. The summed E-state index contributed by atoms with van der Waals surface area (Å²) in [5.74, 6) is 0.186. The van der Waals surface area contributed by atoms with Gasteiger partial charge in [0.1, 0.15) is 28.5 Å². The molecule has 198 valence electrons. The maximum atomic E-state index is 13.0. The molecule has 0 aromatic carbocycles. The molecule has 0 spiro atoms. The minimum atomic E-state index is -0.720. The lowest BCUT2D eigenvalue weighted by molar-refractivity contribution is 0.0587. The zero-order valence-corrected chi connectivity index (χ0v) is 22.1. The molecule has 1 aliphatic carbocycles. The first-order chi connectivity index (χ1) is 17.4. The molecule has 1 aliphatic rings. The Morgan fingerprint density at radius 1 is 1.27 bits per heavy atom. The number of rotatable bonds is 7. The van der Waals surface area contributed by atoms with Crippen LogP contribution in [0.2, 0.25) is 0 Å². The Hall–Kier alpha value is -3.93. The van der Waals surface area contributed by atoms with Gasteiger partial charge in [-0.2, -0.15) is 9.61 Å². The van der Waals surface area contributed by atoms with Crippen molar-refractivity contribution in [2.75, 3.05) is 24.4 Å². The number of amides is 2. The van der Waals surface area contributed by atoms with Crippen LogP contribution in [0.25, 0.3) is 5.65 Å². The summed E-state index contributed by atoms with van der Waals surface area (Å²) in [6, 6.07) is 4.85. The molecule has 0 aliphatic heterocycles. The quantitative estimate of drug-likeness (QED) is 0.495. The lowest BCUT2D eigenvalue weighted by Crippen LogP contribution is -2.35. The number of anilines is 3. The average molecular weight is 512 g/mol. The fourth-order valence-corrected chi connectivity index (χ4v) is 3.81. The van der Waals surface area contributed by atoms with Crippen LogP contribution in [0.4, 0.5) is 22.1 Å². The number of nitrogens with zero attached hydrogens (tertiary/aromatic N) is 5. The van der Waals surface area contributed by atoms with Crippen molar-refractivity contribution in [2.24, 2.45) is 0 Å². The van der Waals surface area contributed by atoms with Crippen molar-refractivity contribution in [3.63, 3.8) is 0 Å². The van der Waals surface area contributed by atoms with Crippen molar-refractivity contribution >= 4 is 35.0 Å². The second-order valence-electron chi connectivity index (χ2n) is 10.3. The highest BCUT2D eigenvalue weighted by Crippen LogP contribution is 2.27. The third kappa shape index (κ3) is 5.58. The Morgan fingerprint density at radius 3 is 2.62 bits per heavy atom. The highest BCUT2D eigenvalue weighted by molar-refractivity contribution is 6.01. The number of pyridine rings is 1. The summed E-state index contributed by atoms with van der Waals surface area (Å²) in [4.78, 5) is 44.8. The Bertz CT molecular complexity index is 1390. The van der Waals surface area contributed by atoms with Gasteiger partial charge in [-0.05, 0) is 53.2 Å². The van der Waals surface area contributed by atoms with Gasteiger partial charge in [0.15, 0.2) is 5.65 Å². The second kappa shape index (κ2) is 9.85. The minimum Gasteiger partial charge on any atom is -0.443 e. The predicted octanol–water partition coefficient (Wildman–Crippen LogP) is 3.10. The molecule has 12 nitrogen and oxygen atoms in total. The van der Waals surface area contributed by atoms with Crippen molar-refractivity contribution in [1.29, 1.82) is 0 Å². The van der Waals surface area contributed by atoms with Crippen LogP contribution in [0.1, 0.15) is 57.4 Å². The number of carbonyl (C=O) groups excluding carboxylic acids is 2. The number of nitrogens with one attached hydrogen (secondary N) is 2. The van der Waals surface area contributed by atoms with E-state index in [1.165, 1.54) is 22.7 Å². The fraction of sp³-hybridized carbons (Fsp3) is 0.480. The van der Waals surface area contributed by atoms with E-state index in [4.69, 9.17) is 9.47 Å². The van der Waals surface area contributed by atoms with E-state index in [-0.39, 0.29) is 46.7 Å². The number of carbonyl (C=O) groups is 2. The monoisotopic (exact) mass is 511 g/mol. The fourth-order valence-electron chi connectivity index (χ4n) is 3.81. The smallest absolute Gasteiger partial charge is 0.415 e. The highest BCUT2D eigenvalue weighted by Gasteiger charge is 2.39. The summed E-state index contributed by atoms with van der Waals surface area (Å²) in [5.41, 5.74) is -0.223. The van der Waals surface area contributed by atoms with Crippen LogP contribution in [-0.4, -0.2) is 63.1 Å². The van der Waals surface area contributed by atoms with E-state index >= 15 is 0 Å². The largest absolute Gasteiger partial charge is 0.443 e. The number of ether oxygens (including phenoxy) is 2. The van der Waals surface area contributed by atoms with Gasteiger partial charge in [-0.25, -0.2) is 9.78 Å². The van der Waals surface area contributed by atoms with Gasteiger partial charge in [0.2, 0.25) is 0 Å². The molecule has 2 amide bonds. The lowest BCUT2D eigenvalue weighted by atomic mass is 10.2. The van der Waals surface area contributed by atoms with Gasteiger partial charge in [0.05, 0.1) is 18.3 Å². The molecule has 3 aromatic rings. The van der Waals surface area contributed by atoms with E-state index in [2.05, 4.69) is 20.7 Å². The lowest BCUT2D eigenvalue weighted by Gasteiger charge is -2.25. The van der Waals surface area contributed by atoms with Crippen LogP contribution in [0.5, 0.6) is 0 Å². The number of fused-ring (bicyclic) bond motifs is 1. The Balaban J connectivity index is 1.77. The zero-order chi connectivity index (χ0) is 27.1. The van der Waals surface area contributed by atoms with Crippen LogP contribution >= 0.6 is 0 Å². The third-order valence-electron chi connectivity index (χ3n) is 5.85. The summed E-state index contributed by atoms with van der Waals surface area (Å²) >= 11 is 0. The summed E-state index contributed by atoms with van der Waals surface area (Å²) in [6.45, 7) is 9.13. The summed E-state index contributed by atoms with van der Waals surface area (Å²) in [5, 5.41) is 10.3. The van der Waals surface area contributed by atoms with Crippen molar-refractivity contribution < 1.29 is 19.1 Å². The van der Waals surface area contributed by atoms with Gasteiger partial charge < -0.3 is 24.7 Å². The molecule has 4 rings (SSSR count). The van der Waals surface area contributed by atoms with Gasteiger partial charge in [-0.3, -0.25) is 14.5 Å². The minimum absolute atomic E-state index is 0.0222. The molecule has 0 bridgehead atoms. The van der Waals surface area contributed by atoms with E-state index in [0.717, 1.165) is 6.42 Å². The topological polar surface area (TPSA) is 132 Å². The standard InChI is InChI=1S/C25H33N7O5/c1-14(2)31-10-8-9-16(23(31)34)27-19-12-20(30(6)24(35)37-25(3,4)5)32-21(29-19)15(13-26-32)22(33)28-17-11-18(17)36-7/h8-10,12-14,17-18H,11H2,1-7H3,(H,27,29)(H,28,33)/t17?,18-/m1/s1. The van der Waals surface area contributed by atoms with Gasteiger partial charge in [0, 0.05) is 32.5 Å². The molecular weight excluding hydrogens is 478 g/mol. The molecule has 3 aromatic heterocycles. The molecule has 12 heteroatoms. The van der Waals surface area contributed by atoms with Crippen molar-refractivity contribution in [2.45, 2.75) is 64.8 Å². The van der Waals surface area contributed by atoms with Crippen molar-refractivity contribution in [3.05, 3.63) is 46.5 Å². The maximum Gasteiger partial charge on any atom is 0.415 e. The Kier molecular flexibility index (Phi) is 6.96. The van der Waals surface area contributed by atoms with E-state index in [1.54, 1.807) is 56.8 Å². The van der Waals surface area contributed by atoms with Gasteiger partial charge >= 0.3 is 6.09 Å². The molecule has 1 unspecified atom stereocenters. The number of hydrogen-bond acceptors (Lipinski definition) is 8. The molecule has 0 radical (unpaired) electrons. The van der Waals surface area contributed by atoms with Crippen molar-refractivity contribution in [1.82, 2.24) is 24.5 Å². The number of methoxy groups -OCH3 is 1. The molecule has 1 saturated carbocycles. The van der Waals surface area contributed by atoms with Crippen LogP contribution in [0.15, 0.2) is 35.4 Å². The van der Waals surface area contributed by atoms with Crippen LogP contribution in [-0.2, 0) is 9.47 Å². The molecule has 2 N–H and O–H groups in total. The zero-order valence-electron chi connectivity index (χ0n) is 22.1. The summed E-state index contributed by atoms with van der Waals surface area (Å²) < 4.78 is 13.8. The van der Waals surface area contributed by atoms with Crippen LogP contribution < -0.4 is 21.1 Å². The Labute approximate surface area is 214 Å². The predicted molar refractivity (Wildman–Crippen MR) is 139 cm³/mol. The van der Waals surface area contributed by atoms with E-state index in [0.29, 0.717) is 11.5 Å². The maximum absolute atomic E-state index is 13.0. The Morgan fingerprint density at radius 2 is 2.00 bits per heavy atom. The van der Waals surface area contributed by atoms with Gasteiger partial charge in [0.25, 0.3) is 11.5 Å². The average Bonchev–Trinajstić information content (AvgIpc) is 3.43. The van der Waals surface area contributed by atoms with Gasteiger partial charge in [-0.15, -0.1) is 0 Å². The van der Waals surface area contributed by atoms with Gasteiger partial charge in [-0.1, -0.05) is 0 Å². The normalized spacial score (nSPS) is 17.1. The molecular formula is C25H33N7O5. The number of aromatic nitrogens is 4. The first-order valence-electron chi connectivity index (χ1n) is 12.1. The third-order valence-corrected chi connectivity index (χ3v) is 5.85. The van der Waals surface area contributed by atoms with Crippen LogP contribution in [0.3, 0.4) is 0 Å².